The van der Waals surface area contributed by atoms with Crippen LogP contribution in [0.15, 0.2) is 24.5 Å². The summed E-state index contributed by atoms with van der Waals surface area (Å²) in [5, 5.41) is 0. The molecule has 0 unspecified atom stereocenters. The summed E-state index contributed by atoms with van der Waals surface area (Å²) < 4.78 is 31.7. The molecule has 1 spiro atoms. The van der Waals surface area contributed by atoms with Crippen molar-refractivity contribution in [3.05, 3.63) is 30.1 Å². The summed E-state index contributed by atoms with van der Waals surface area (Å²) in [5.74, 6) is 1.21. The second kappa shape index (κ2) is 6.47. The van der Waals surface area contributed by atoms with Crippen LogP contribution in [0.2, 0.25) is 0 Å². The Hall–Kier alpha value is -0.630. The number of sulfonamides is 1. The number of hydrogen-bond donors (Lipinski definition) is 0. The molecule has 2 aliphatic rings. The Morgan fingerprint density at radius 3 is 2.82 bits per heavy atom. The Morgan fingerprint density at radius 1 is 1.41 bits per heavy atom. The van der Waals surface area contributed by atoms with Gasteiger partial charge in [0, 0.05) is 36.0 Å². The number of pyridine rings is 1. The van der Waals surface area contributed by atoms with Crippen molar-refractivity contribution in [2.45, 2.75) is 37.2 Å². The van der Waals surface area contributed by atoms with Gasteiger partial charge in [-0.2, -0.15) is 4.31 Å². The van der Waals surface area contributed by atoms with Gasteiger partial charge in [-0.3, -0.25) is 4.98 Å². The van der Waals surface area contributed by atoms with E-state index in [1.54, 1.807) is 16.7 Å². The lowest BCUT2D eigenvalue weighted by Crippen LogP contribution is -2.61. The van der Waals surface area contributed by atoms with Crippen LogP contribution in [0.3, 0.4) is 0 Å². The zero-order chi connectivity index (χ0) is 15.6. The fourth-order valence-electron chi connectivity index (χ4n) is 3.00. The highest BCUT2D eigenvalue weighted by Gasteiger charge is 2.52. The van der Waals surface area contributed by atoms with Crippen LogP contribution < -0.4 is 0 Å². The van der Waals surface area contributed by atoms with E-state index in [-0.39, 0.29) is 16.6 Å². The first-order chi connectivity index (χ1) is 10.5. The molecule has 2 aliphatic heterocycles. The highest BCUT2D eigenvalue weighted by atomic mass is 32.2. The van der Waals surface area contributed by atoms with Crippen molar-refractivity contribution in [2.24, 2.45) is 0 Å². The number of aromatic nitrogens is 1. The number of hydrogen-bond acceptors (Lipinski definition) is 5. The van der Waals surface area contributed by atoms with Crippen LogP contribution in [-0.4, -0.2) is 53.2 Å². The smallest absolute Gasteiger partial charge is 0.214 e. The molecule has 0 aliphatic carbocycles. The van der Waals surface area contributed by atoms with Crippen molar-refractivity contribution in [2.75, 3.05) is 24.6 Å². The van der Waals surface area contributed by atoms with Crippen molar-refractivity contribution in [3.63, 3.8) is 0 Å². The van der Waals surface area contributed by atoms with Gasteiger partial charge in [-0.1, -0.05) is 6.92 Å². The van der Waals surface area contributed by atoms with Crippen LogP contribution in [0.25, 0.3) is 0 Å². The van der Waals surface area contributed by atoms with Gasteiger partial charge < -0.3 is 4.74 Å². The van der Waals surface area contributed by atoms with E-state index in [0.717, 1.165) is 17.7 Å². The molecule has 7 heteroatoms. The third kappa shape index (κ3) is 3.48. The van der Waals surface area contributed by atoms with Gasteiger partial charge in [-0.25, -0.2) is 8.42 Å². The van der Waals surface area contributed by atoms with E-state index >= 15 is 0 Å². The fourth-order valence-corrected chi connectivity index (χ4v) is 6.38. The number of thioether (sulfide) groups is 1. The van der Waals surface area contributed by atoms with E-state index in [9.17, 15) is 8.42 Å². The van der Waals surface area contributed by atoms with Gasteiger partial charge in [0.15, 0.2) is 0 Å². The van der Waals surface area contributed by atoms with Crippen molar-refractivity contribution in [3.8, 4) is 0 Å². The third-order valence-corrected chi connectivity index (χ3v) is 7.74. The molecule has 3 heterocycles. The molecular formula is C15H22N2O3S2. The molecule has 0 amide bonds. The van der Waals surface area contributed by atoms with Gasteiger partial charge in [-0.15, -0.1) is 11.8 Å². The lowest BCUT2D eigenvalue weighted by atomic mass is 9.95. The quantitative estimate of drug-likeness (QED) is 0.790. The van der Waals surface area contributed by atoms with Crippen LogP contribution in [0.5, 0.6) is 0 Å². The molecule has 0 bridgehead atoms. The first kappa shape index (κ1) is 16.2. The summed E-state index contributed by atoms with van der Waals surface area (Å²) >= 11 is 1.87. The molecular weight excluding hydrogens is 320 g/mol. The minimum Gasteiger partial charge on any atom is -0.373 e. The van der Waals surface area contributed by atoms with Gasteiger partial charge in [-0.05, 0) is 30.5 Å². The SMILES string of the molecule is CCCS(=O)(=O)N1CC2(C[C@@H](OCc3ccncc3)CS2)C1. The lowest BCUT2D eigenvalue weighted by molar-refractivity contribution is 0.0397. The Morgan fingerprint density at radius 2 is 2.14 bits per heavy atom. The van der Waals surface area contributed by atoms with Gasteiger partial charge in [0.1, 0.15) is 0 Å². The number of rotatable bonds is 6. The maximum Gasteiger partial charge on any atom is 0.214 e. The van der Waals surface area contributed by atoms with Crippen LogP contribution in [0, 0.1) is 0 Å². The van der Waals surface area contributed by atoms with Gasteiger partial charge in [0.2, 0.25) is 10.0 Å². The standard InChI is InChI=1S/C15H22N2O3S2/c1-2-7-22(18,19)17-11-15(12-17)8-14(10-21-15)20-9-13-3-5-16-6-4-13/h3-6,14H,2,7-12H2,1H3/t14-/m1/s1. The topological polar surface area (TPSA) is 59.5 Å². The highest BCUT2D eigenvalue weighted by Crippen LogP contribution is 2.47. The molecule has 1 aromatic rings. The van der Waals surface area contributed by atoms with E-state index in [4.69, 9.17) is 4.74 Å². The number of ether oxygens (including phenoxy) is 1. The Labute approximate surface area is 136 Å². The van der Waals surface area contributed by atoms with Crippen LogP contribution in [0.1, 0.15) is 25.3 Å². The molecule has 1 aromatic heterocycles. The van der Waals surface area contributed by atoms with Crippen molar-refractivity contribution >= 4 is 21.8 Å². The largest absolute Gasteiger partial charge is 0.373 e. The second-order valence-electron chi connectivity index (χ2n) is 6.07. The van der Waals surface area contributed by atoms with E-state index in [2.05, 4.69) is 4.98 Å². The molecule has 22 heavy (non-hydrogen) atoms. The summed E-state index contributed by atoms with van der Waals surface area (Å²) in [6.07, 6.45) is 5.38. The zero-order valence-corrected chi connectivity index (χ0v) is 14.4. The summed E-state index contributed by atoms with van der Waals surface area (Å²) in [6, 6.07) is 3.92. The molecule has 0 aromatic carbocycles. The average molecular weight is 342 g/mol. The first-order valence-electron chi connectivity index (χ1n) is 7.65. The molecule has 0 saturated carbocycles. The summed E-state index contributed by atoms with van der Waals surface area (Å²) in [4.78, 5) is 3.99. The summed E-state index contributed by atoms with van der Waals surface area (Å²) in [6.45, 7) is 3.80. The average Bonchev–Trinajstić information content (AvgIpc) is 2.89. The fraction of sp³-hybridized carbons (Fsp3) is 0.667. The molecule has 2 fully saturated rings. The number of nitrogens with zero attached hydrogens (tertiary/aromatic N) is 2. The minimum absolute atomic E-state index is 0.0870. The van der Waals surface area contributed by atoms with Crippen molar-refractivity contribution in [1.82, 2.24) is 9.29 Å². The molecule has 122 valence electrons. The maximum absolute atomic E-state index is 12.0. The van der Waals surface area contributed by atoms with Gasteiger partial charge >= 0.3 is 0 Å². The Balaban J connectivity index is 1.48. The normalized spacial score (nSPS) is 24.5. The monoisotopic (exact) mass is 342 g/mol. The molecule has 3 rings (SSSR count). The minimum atomic E-state index is -3.04. The van der Waals surface area contributed by atoms with Crippen molar-refractivity contribution < 1.29 is 13.2 Å². The molecule has 1 atom stereocenters. The van der Waals surface area contributed by atoms with Crippen molar-refractivity contribution in [1.29, 1.82) is 0 Å². The van der Waals surface area contributed by atoms with Gasteiger partial charge in [0.25, 0.3) is 0 Å². The third-order valence-electron chi connectivity index (χ3n) is 4.19. The van der Waals surface area contributed by atoms with E-state index < -0.39 is 10.0 Å². The summed E-state index contributed by atoms with van der Waals surface area (Å²) in [7, 11) is -3.04. The molecule has 5 nitrogen and oxygen atoms in total. The maximum atomic E-state index is 12.0. The van der Waals surface area contributed by atoms with E-state index in [1.165, 1.54) is 0 Å². The van der Waals surface area contributed by atoms with Crippen LogP contribution >= 0.6 is 11.8 Å². The van der Waals surface area contributed by atoms with Crippen LogP contribution in [-0.2, 0) is 21.4 Å². The second-order valence-corrected chi connectivity index (χ2v) is 9.65. The van der Waals surface area contributed by atoms with E-state index in [1.807, 2.05) is 30.8 Å². The molecule has 2 saturated heterocycles. The lowest BCUT2D eigenvalue weighted by Gasteiger charge is -2.46. The van der Waals surface area contributed by atoms with E-state index in [0.29, 0.717) is 26.1 Å². The zero-order valence-electron chi connectivity index (χ0n) is 12.8. The Bertz CT molecular complexity index is 600. The highest BCUT2D eigenvalue weighted by molar-refractivity contribution is 8.01. The van der Waals surface area contributed by atoms with Gasteiger partial charge in [0.05, 0.1) is 18.5 Å². The molecule has 0 radical (unpaired) electrons. The molecule has 0 N–H and O–H groups in total. The Kier molecular flexibility index (Phi) is 4.77. The van der Waals surface area contributed by atoms with Crippen LogP contribution in [0.4, 0.5) is 0 Å². The predicted molar refractivity (Wildman–Crippen MR) is 88.3 cm³/mol. The first-order valence-corrected chi connectivity index (χ1v) is 10.2. The summed E-state index contributed by atoms with van der Waals surface area (Å²) in [5.41, 5.74) is 1.13. The predicted octanol–water partition coefficient (Wildman–Crippen LogP) is 1.90.